The molecule has 2 heteroatoms. The van der Waals surface area contributed by atoms with Gasteiger partial charge in [-0.15, -0.1) is 0 Å². The van der Waals surface area contributed by atoms with E-state index in [1.807, 2.05) is 72.8 Å². The van der Waals surface area contributed by atoms with E-state index in [1.54, 1.807) is 6.07 Å². The Labute approximate surface area is 123 Å². The summed E-state index contributed by atoms with van der Waals surface area (Å²) in [6.45, 7) is 0. The predicted molar refractivity (Wildman–Crippen MR) is 86.2 cm³/mol. The first-order chi connectivity index (χ1) is 10.3. The Balaban J connectivity index is 1.97. The topological polar surface area (TPSA) is 43.1 Å². The van der Waals surface area contributed by atoms with Gasteiger partial charge in [-0.3, -0.25) is 4.79 Å². The predicted octanol–water partition coefficient (Wildman–Crippen LogP) is 4.17. The first-order valence-corrected chi connectivity index (χ1v) is 6.80. The Bertz CT molecular complexity index is 764. The summed E-state index contributed by atoms with van der Waals surface area (Å²) in [5.74, 6) is -0.0121. The first-order valence-electron chi connectivity index (χ1n) is 6.80. The van der Waals surface area contributed by atoms with Crippen molar-refractivity contribution >= 4 is 11.5 Å². The zero-order valence-electron chi connectivity index (χ0n) is 11.5. The van der Waals surface area contributed by atoms with Crippen molar-refractivity contribution in [2.45, 2.75) is 0 Å². The zero-order chi connectivity index (χ0) is 14.7. The lowest BCUT2D eigenvalue weighted by molar-refractivity contribution is 0.103. The lowest BCUT2D eigenvalue weighted by Crippen LogP contribution is -2.02. The normalized spacial score (nSPS) is 10.3. The maximum Gasteiger partial charge on any atom is 0.193 e. The van der Waals surface area contributed by atoms with Gasteiger partial charge in [0.15, 0.2) is 5.78 Å². The molecule has 0 aliphatic carbocycles. The Kier molecular flexibility index (Phi) is 3.52. The van der Waals surface area contributed by atoms with E-state index in [0.29, 0.717) is 16.8 Å². The monoisotopic (exact) mass is 273 g/mol. The van der Waals surface area contributed by atoms with E-state index in [2.05, 4.69) is 0 Å². The molecule has 21 heavy (non-hydrogen) atoms. The Morgan fingerprint density at radius 2 is 1.33 bits per heavy atom. The van der Waals surface area contributed by atoms with Gasteiger partial charge in [0.05, 0.1) is 0 Å². The Morgan fingerprint density at radius 3 is 1.95 bits per heavy atom. The highest BCUT2D eigenvalue weighted by atomic mass is 16.1. The van der Waals surface area contributed by atoms with Crippen molar-refractivity contribution in [3.05, 3.63) is 90.0 Å². The number of carbonyl (C=O) groups is 1. The number of nitrogen functional groups attached to an aromatic ring is 1. The molecule has 0 heterocycles. The van der Waals surface area contributed by atoms with Crippen LogP contribution in [0.1, 0.15) is 15.9 Å². The summed E-state index contributed by atoms with van der Waals surface area (Å²) in [6, 6.07) is 24.6. The van der Waals surface area contributed by atoms with Gasteiger partial charge in [-0.1, -0.05) is 72.8 Å². The van der Waals surface area contributed by atoms with Gasteiger partial charge >= 0.3 is 0 Å². The van der Waals surface area contributed by atoms with Gasteiger partial charge in [0.1, 0.15) is 0 Å². The molecule has 0 saturated heterocycles. The van der Waals surface area contributed by atoms with Crippen molar-refractivity contribution in [2.75, 3.05) is 5.73 Å². The van der Waals surface area contributed by atoms with Crippen LogP contribution in [0.2, 0.25) is 0 Å². The second kappa shape index (κ2) is 5.63. The van der Waals surface area contributed by atoms with Crippen LogP contribution in [0.3, 0.4) is 0 Å². The number of nitrogens with two attached hydrogens (primary N) is 1. The van der Waals surface area contributed by atoms with Crippen molar-refractivity contribution in [3.8, 4) is 11.1 Å². The van der Waals surface area contributed by atoms with Crippen LogP contribution in [0.5, 0.6) is 0 Å². The third kappa shape index (κ3) is 2.70. The maximum absolute atomic E-state index is 12.4. The van der Waals surface area contributed by atoms with E-state index < -0.39 is 0 Å². The molecule has 0 spiro atoms. The van der Waals surface area contributed by atoms with Gasteiger partial charge in [0.25, 0.3) is 0 Å². The number of benzene rings is 3. The number of hydrogen-bond donors (Lipinski definition) is 1. The van der Waals surface area contributed by atoms with Crippen LogP contribution in [-0.2, 0) is 0 Å². The smallest absolute Gasteiger partial charge is 0.193 e. The van der Waals surface area contributed by atoms with E-state index in [4.69, 9.17) is 5.73 Å². The molecular formula is C19H15NO. The average Bonchev–Trinajstić information content (AvgIpc) is 2.55. The quantitative estimate of drug-likeness (QED) is 0.575. The van der Waals surface area contributed by atoms with E-state index in [9.17, 15) is 4.79 Å². The highest BCUT2D eigenvalue weighted by Crippen LogP contribution is 2.27. The molecule has 0 atom stereocenters. The third-order valence-corrected chi connectivity index (χ3v) is 3.43. The van der Waals surface area contributed by atoms with Gasteiger partial charge in [0, 0.05) is 22.4 Å². The van der Waals surface area contributed by atoms with Crippen molar-refractivity contribution in [1.82, 2.24) is 0 Å². The molecule has 0 radical (unpaired) electrons. The summed E-state index contributed by atoms with van der Waals surface area (Å²) in [6.07, 6.45) is 0. The van der Waals surface area contributed by atoms with Crippen molar-refractivity contribution in [1.29, 1.82) is 0 Å². The molecule has 0 aliphatic rings. The minimum atomic E-state index is -0.0121. The minimum absolute atomic E-state index is 0.0121. The van der Waals surface area contributed by atoms with E-state index in [-0.39, 0.29) is 5.78 Å². The zero-order valence-corrected chi connectivity index (χ0v) is 11.5. The standard InChI is InChI=1S/C19H15NO/c20-18-13-16(19(21)15-9-5-2-6-10-15)11-12-17(18)14-7-3-1-4-8-14/h1-13H,20H2. The summed E-state index contributed by atoms with van der Waals surface area (Å²) in [5, 5.41) is 0. The second-order valence-electron chi connectivity index (χ2n) is 4.86. The number of hydrogen-bond acceptors (Lipinski definition) is 2. The van der Waals surface area contributed by atoms with Crippen LogP contribution >= 0.6 is 0 Å². The van der Waals surface area contributed by atoms with Crippen molar-refractivity contribution < 1.29 is 4.79 Å². The fourth-order valence-corrected chi connectivity index (χ4v) is 2.34. The molecule has 0 fully saturated rings. The van der Waals surface area contributed by atoms with Crippen LogP contribution < -0.4 is 5.73 Å². The number of ketones is 1. The number of anilines is 1. The van der Waals surface area contributed by atoms with E-state index >= 15 is 0 Å². The van der Waals surface area contributed by atoms with Crippen molar-refractivity contribution in [2.24, 2.45) is 0 Å². The summed E-state index contributed by atoms with van der Waals surface area (Å²) in [4.78, 5) is 12.4. The SMILES string of the molecule is Nc1cc(C(=O)c2ccccc2)ccc1-c1ccccc1. The van der Waals surface area contributed by atoms with Crippen LogP contribution in [0.25, 0.3) is 11.1 Å². The van der Waals surface area contributed by atoms with E-state index in [0.717, 1.165) is 11.1 Å². The van der Waals surface area contributed by atoms with Crippen LogP contribution in [0.4, 0.5) is 5.69 Å². The lowest BCUT2D eigenvalue weighted by Gasteiger charge is -2.08. The second-order valence-corrected chi connectivity index (χ2v) is 4.86. The molecule has 3 aromatic carbocycles. The molecule has 102 valence electrons. The Hall–Kier alpha value is -2.87. The van der Waals surface area contributed by atoms with Gasteiger partial charge in [0.2, 0.25) is 0 Å². The fraction of sp³-hybridized carbons (Fsp3) is 0. The molecular weight excluding hydrogens is 258 g/mol. The fourth-order valence-electron chi connectivity index (χ4n) is 2.34. The molecule has 0 aromatic heterocycles. The highest BCUT2D eigenvalue weighted by Gasteiger charge is 2.11. The summed E-state index contributed by atoms with van der Waals surface area (Å²) >= 11 is 0. The minimum Gasteiger partial charge on any atom is -0.398 e. The number of rotatable bonds is 3. The maximum atomic E-state index is 12.4. The lowest BCUT2D eigenvalue weighted by atomic mass is 9.98. The summed E-state index contributed by atoms with van der Waals surface area (Å²) in [5.41, 5.74) is 10.0. The molecule has 0 bridgehead atoms. The summed E-state index contributed by atoms with van der Waals surface area (Å²) in [7, 11) is 0. The molecule has 2 N–H and O–H groups in total. The van der Waals surface area contributed by atoms with Crippen LogP contribution in [0, 0.1) is 0 Å². The van der Waals surface area contributed by atoms with Gasteiger partial charge in [-0.05, 0) is 11.6 Å². The Morgan fingerprint density at radius 1 is 0.714 bits per heavy atom. The van der Waals surface area contributed by atoms with Crippen LogP contribution in [0.15, 0.2) is 78.9 Å². The van der Waals surface area contributed by atoms with Gasteiger partial charge in [-0.2, -0.15) is 0 Å². The molecule has 0 amide bonds. The molecule has 0 saturated carbocycles. The van der Waals surface area contributed by atoms with E-state index in [1.165, 1.54) is 0 Å². The molecule has 3 aromatic rings. The number of carbonyl (C=O) groups excluding carboxylic acids is 1. The molecule has 0 aliphatic heterocycles. The van der Waals surface area contributed by atoms with Gasteiger partial charge in [-0.25, -0.2) is 0 Å². The third-order valence-electron chi connectivity index (χ3n) is 3.43. The average molecular weight is 273 g/mol. The molecule has 2 nitrogen and oxygen atoms in total. The van der Waals surface area contributed by atoms with Gasteiger partial charge < -0.3 is 5.73 Å². The summed E-state index contributed by atoms with van der Waals surface area (Å²) < 4.78 is 0. The van der Waals surface area contributed by atoms with Crippen LogP contribution in [-0.4, -0.2) is 5.78 Å². The first kappa shape index (κ1) is 13.1. The molecule has 0 unspecified atom stereocenters. The molecule has 3 rings (SSSR count). The largest absolute Gasteiger partial charge is 0.398 e. The highest BCUT2D eigenvalue weighted by molar-refractivity contribution is 6.09. The van der Waals surface area contributed by atoms with Crippen molar-refractivity contribution in [3.63, 3.8) is 0 Å².